The van der Waals surface area contributed by atoms with Gasteiger partial charge in [0.2, 0.25) is 0 Å². The van der Waals surface area contributed by atoms with Crippen molar-refractivity contribution < 1.29 is 9.31 Å². The topological polar surface area (TPSA) is 42.5 Å². The molecule has 0 aromatic heterocycles. The van der Waals surface area contributed by atoms with Crippen LogP contribution in [0.3, 0.4) is 0 Å². The fraction of sp³-hybridized carbons (Fsp3) is 0.545. The lowest BCUT2D eigenvalue weighted by Crippen LogP contribution is -2.74. The molecule has 2 N–H and O–H groups in total. The second-order valence-electron chi connectivity index (χ2n) is 10.8. The van der Waals surface area contributed by atoms with Gasteiger partial charge in [-0.2, -0.15) is 0 Å². The summed E-state index contributed by atoms with van der Waals surface area (Å²) in [6.07, 6.45) is 2.44. The zero-order valence-electron chi connectivity index (χ0n) is 17.4. The monoisotopic (exact) mass is 374 g/mol. The number of rotatable bonds is 2. The van der Waals surface area contributed by atoms with E-state index in [0.717, 1.165) is 0 Å². The highest BCUT2D eigenvalue weighted by atomic mass is 16.7. The standard InChI is InChI=1S/C22H28B2N2O2/c1-19(2)20(3,4)28-23(27-19)18-21(5)12-22(18,13-21)24-25-15-10-6-8-14-9-7-11-16(26-24)17(14)15/h6-11,18,25-26H,12-13H2,1-5H3. The third-order valence-corrected chi connectivity index (χ3v) is 8.46. The van der Waals surface area contributed by atoms with Crippen molar-refractivity contribution in [3.63, 3.8) is 0 Å². The van der Waals surface area contributed by atoms with Crippen LogP contribution in [0.5, 0.6) is 0 Å². The van der Waals surface area contributed by atoms with Crippen LogP contribution in [0.4, 0.5) is 11.4 Å². The summed E-state index contributed by atoms with van der Waals surface area (Å²) in [6.45, 7) is 11.2. The van der Waals surface area contributed by atoms with Gasteiger partial charge in [-0.3, -0.25) is 0 Å². The Morgan fingerprint density at radius 2 is 1.39 bits per heavy atom. The number of anilines is 2. The Morgan fingerprint density at radius 3 is 1.89 bits per heavy atom. The molecule has 3 saturated carbocycles. The van der Waals surface area contributed by atoms with Gasteiger partial charge in [0.15, 0.2) is 0 Å². The molecule has 0 amide bonds. The summed E-state index contributed by atoms with van der Waals surface area (Å²) >= 11 is 0. The van der Waals surface area contributed by atoms with Crippen molar-refractivity contribution in [2.24, 2.45) is 5.41 Å². The van der Waals surface area contributed by atoms with E-state index < -0.39 is 0 Å². The molecule has 3 aliphatic carbocycles. The van der Waals surface area contributed by atoms with Crippen LogP contribution >= 0.6 is 0 Å². The van der Waals surface area contributed by atoms with E-state index in [9.17, 15) is 0 Å². The van der Waals surface area contributed by atoms with Crippen LogP contribution in [0.2, 0.25) is 11.1 Å². The Balaban J connectivity index is 1.34. The van der Waals surface area contributed by atoms with Gasteiger partial charge in [0.25, 0.3) is 0 Å². The van der Waals surface area contributed by atoms with Gasteiger partial charge >= 0.3 is 14.1 Å². The molecule has 5 aliphatic rings. The zero-order valence-corrected chi connectivity index (χ0v) is 17.4. The van der Waals surface area contributed by atoms with Crippen molar-refractivity contribution in [3.8, 4) is 0 Å². The predicted molar refractivity (Wildman–Crippen MR) is 117 cm³/mol. The number of benzene rings is 2. The third-order valence-electron chi connectivity index (χ3n) is 8.46. The highest BCUT2D eigenvalue weighted by Gasteiger charge is 2.82. The number of hydrogen-bond acceptors (Lipinski definition) is 4. The molecule has 2 bridgehead atoms. The van der Waals surface area contributed by atoms with Crippen LogP contribution < -0.4 is 10.5 Å². The summed E-state index contributed by atoms with van der Waals surface area (Å²) in [5.74, 6) is 0.413. The van der Waals surface area contributed by atoms with Crippen LogP contribution in [0.25, 0.3) is 10.8 Å². The second-order valence-corrected chi connectivity index (χ2v) is 10.8. The van der Waals surface area contributed by atoms with Gasteiger partial charge in [0.1, 0.15) is 0 Å². The Morgan fingerprint density at radius 1 is 0.857 bits per heavy atom. The van der Waals surface area contributed by atoms with Gasteiger partial charge in [-0.15, -0.1) is 0 Å². The summed E-state index contributed by atoms with van der Waals surface area (Å²) in [4.78, 5) is 0. The van der Waals surface area contributed by atoms with E-state index >= 15 is 0 Å². The van der Waals surface area contributed by atoms with Gasteiger partial charge in [-0.05, 0) is 68.8 Å². The largest absolute Gasteiger partial charge is 0.461 e. The molecule has 28 heavy (non-hydrogen) atoms. The molecular formula is C22H28B2N2O2. The molecule has 1 unspecified atom stereocenters. The Kier molecular flexibility index (Phi) is 3.02. The first-order chi connectivity index (χ1) is 13.2. The molecule has 2 aliphatic heterocycles. The lowest BCUT2D eigenvalue weighted by atomic mass is 9.12. The molecule has 1 atom stereocenters. The minimum Gasteiger partial charge on any atom is -0.408 e. The molecule has 144 valence electrons. The predicted octanol–water partition coefficient (Wildman–Crippen LogP) is 5.18. The molecule has 6 heteroatoms. The normalized spacial score (nSPS) is 36.4. The van der Waals surface area contributed by atoms with E-state index in [4.69, 9.17) is 9.31 Å². The van der Waals surface area contributed by atoms with Crippen molar-refractivity contribution in [2.45, 2.75) is 69.8 Å². The quantitative estimate of drug-likeness (QED) is 0.711. The van der Waals surface area contributed by atoms with Crippen LogP contribution in [0.15, 0.2) is 36.4 Å². The van der Waals surface area contributed by atoms with Crippen molar-refractivity contribution in [3.05, 3.63) is 36.4 Å². The molecule has 7 rings (SSSR count). The van der Waals surface area contributed by atoms with Crippen LogP contribution in [0.1, 0.15) is 47.5 Å². The third kappa shape index (κ3) is 1.91. The van der Waals surface area contributed by atoms with Gasteiger partial charge in [-0.1, -0.05) is 31.2 Å². The molecule has 2 aromatic carbocycles. The molecule has 1 saturated heterocycles. The van der Waals surface area contributed by atoms with Crippen molar-refractivity contribution >= 4 is 36.2 Å². The molecule has 2 aromatic rings. The van der Waals surface area contributed by atoms with Crippen LogP contribution in [-0.4, -0.2) is 25.3 Å². The lowest BCUT2D eigenvalue weighted by molar-refractivity contribution is -0.0893. The smallest absolute Gasteiger partial charge is 0.408 e. The van der Waals surface area contributed by atoms with Gasteiger partial charge in [0, 0.05) is 22.6 Å². The van der Waals surface area contributed by atoms with Crippen LogP contribution in [0, 0.1) is 5.41 Å². The first-order valence-electron chi connectivity index (χ1n) is 10.6. The molecule has 2 heterocycles. The maximum Gasteiger partial charge on any atom is 0.461 e. The van der Waals surface area contributed by atoms with E-state index in [1.807, 2.05) is 0 Å². The fourth-order valence-corrected chi connectivity index (χ4v) is 6.55. The summed E-state index contributed by atoms with van der Waals surface area (Å²) in [5, 5.41) is 10.4. The average molecular weight is 374 g/mol. The minimum absolute atomic E-state index is 0.130. The van der Waals surface area contributed by atoms with E-state index in [1.165, 1.54) is 35.0 Å². The van der Waals surface area contributed by atoms with E-state index in [1.54, 1.807) is 0 Å². The molecule has 4 nitrogen and oxygen atoms in total. The van der Waals surface area contributed by atoms with Crippen molar-refractivity contribution in [1.29, 1.82) is 0 Å². The summed E-state index contributed by atoms with van der Waals surface area (Å²) in [6, 6.07) is 13.1. The van der Waals surface area contributed by atoms with E-state index in [-0.39, 0.29) is 30.6 Å². The van der Waals surface area contributed by atoms with Gasteiger partial charge < -0.3 is 19.8 Å². The number of hydrogen-bond donors (Lipinski definition) is 2. The Hall–Kier alpha value is -1.65. The SMILES string of the molecule is CC12CC(B3Nc4cccc5cccc(c45)N3)(C1)C2B1OC(C)(C)C(C)(C)O1. The summed E-state index contributed by atoms with van der Waals surface area (Å²) in [5.41, 5.74) is 2.25. The van der Waals surface area contributed by atoms with Gasteiger partial charge in [0.05, 0.1) is 11.2 Å². The maximum atomic E-state index is 6.50. The molecular weight excluding hydrogens is 346 g/mol. The first kappa shape index (κ1) is 17.2. The first-order valence-corrected chi connectivity index (χ1v) is 10.6. The minimum atomic E-state index is -0.275. The van der Waals surface area contributed by atoms with Crippen molar-refractivity contribution in [2.75, 3.05) is 10.5 Å². The highest BCUT2D eigenvalue weighted by molar-refractivity contribution is 6.74. The van der Waals surface area contributed by atoms with E-state index in [0.29, 0.717) is 11.2 Å². The molecule has 0 spiro atoms. The lowest BCUT2D eigenvalue weighted by Gasteiger charge is -2.77. The Labute approximate surface area is 168 Å². The summed E-state index contributed by atoms with van der Waals surface area (Å²) < 4.78 is 13.0. The van der Waals surface area contributed by atoms with Crippen LogP contribution in [-0.2, 0) is 9.31 Å². The van der Waals surface area contributed by atoms with Crippen molar-refractivity contribution in [1.82, 2.24) is 0 Å². The molecule has 0 radical (unpaired) electrons. The zero-order chi connectivity index (χ0) is 19.5. The maximum absolute atomic E-state index is 6.50. The second kappa shape index (κ2) is 4.91. The highest BCUT2D eigenvalue weighted by Crippen LogP contribution is 2.87. The Bertz CT molecular complexity index is 942. The van der Waals surface area contributed by atoms with Gasteiger partial charge in [-0.25, -0.2) is 0 Å². The fourth-order valence-electron chi connectivity index (χ4n) is 6.55. The average Bonchev–Trinajstić information content (AvgIpc) is 2.78. The summed E-state index contributed by atoms with van der Waals surface area (Å²) in [7, 11) is -0.130. The van der Waals surface area contributed by atoms with E-state index in [2.05, 4.69) is 81.5 Å². The number of nitrogens with one attached hydrogen (secondary N) is 2. The molecule has 4 fully saturated rings.